The summed E-state index contributed by atoms with van der Waals surface area (Å²) in [4.78, 5) is 38.0. The lowest BCUT2D eigenvalue weighted by molar-refractivity contribution is -0.146. The summed E-state index contributed by atoms with van der Waals surface area (Å²) in [5, 5.41) is 4.24. The van der Waals surface area contributed by atoms with Crippen LogP contribution in [0.1, 0.15) is 23.5 Å². The zero-order chi connectivity index (χ0) is 18.2. The minimum atomic E-state index is -0.657. The second kappa shape index (κ2) is 8.98. The minimum Gasteiger partial charge on any atom is -0.454 e. The van der Waals surface area contributed by atoms with Gasteiger partial charge in [0, 0.05) is 11.7 Å². The lowest BCUT2D eigenvalue weighted by atomic mass is 10.2. The number of anilines is 1. The summed E-state index contributed by atoms with van der Waals surface area (Å²) in [5.74, 6) is -1.32. The number of para-hydroxylation sites is 1. The Balaban J connectivity index is 1.83. The van der Waals surface area contributed by atoms with Gasteiger partial charge in [-0.2, -0.15) is 0 Å². The standard InChI is InChI=1S/C18H20N2O4S/c1-13(2)20(14-7-4-3-5-8-14)16(21)12-24-17(22)11-19-18(23)15-9-6-10-25-15/h3-10,13H,11-12H2,1-2H3,(H,19,23). The summed E-state index contributed by atoms with van der Waals surface area (Å²) in [6.45, 7) is 3.11. The van der Waals surface area contributed by atoms with Crippen LogP contribution in [0, 0.1) is 0 Å². The van der Waals surface area contributed by atoms with E-state index in [1.165, 1.54) is 11.3 Å². The molecule has 2 rings (SSSR count). The van der Waals surface area contributed by atoms with Crippen LogP contribution in [0.5, 0.6) is 0 Å². The number of benzene rings is 1. The summed E-state index contributed by atoms with van der Waals surface area (Å²) in [7, 11) is 0. The number of amides is 2. The van der Waals surface area contributed by atoms with E-state index in [1.807, 2.05) is 44.2 Å². The molecule has 0 radical (unpaired) electrons. The molecular weight excluding hydrogens is 340 g/mol. The Morgan fingerprint density at radius 1 is 1.12 bits per heavy atom. The molecule has 0 aliphatic heterocycles. The third kappa shape index (κ3) is 5.42. The van der Waals surface area contributed by atoms with Crippen LogP contribution >= 0.6 is 11.3 Å². The van der Waals surface area contributed by atoms with Gasteiger partial charge in [0.2, 0.25) is 0 Å². The molecule has 0 aliphatic carbocycles. The molecule has 0 spiro atoms. The molecule has 1 aromatic carbocycles. The first kappa shape index (κ1) is 18.7. The van der Waals surface area contributed by atoms with Crippen molar-refractivity contribution in [2.75, 3.05) is 18.1 Å². The van der Waals surface area contributed by atoms with E-state index in [-0.39, 0.29) is 31.0 Å². The highest BCUT2D eigenvalue weighted by molar-refractivity contribution is 7.12. The molecule has 0 atom stereocenters. The number of nitrogens with one attached hydrogen (secondary N) is 1. The number of rotatable bonds is 7. The average Bonchev–Trinajstić information content (AvgIpc) is 3.13. The van der Waals surface area contributed by atoms with Crippen LogP contribution in [-0.2, 0) is 14.3 Å². The van der Waals surface area contributed by atoms with Gasteiger partial charge in [0.1, 0.15) is 6.54 Å². The molecule has 132 valence electrons. The van der Waals surface area contributed by atoms with E-state index in [0.29, 0.717) is 4.88 Å². The number of nitrogens with zero attached hydrogens (tertiary/aromatic N) is 1. The molecule has 2 amide bonds. The highest BCUT2D eigenvalue weighted by Crippen LogP contribution is 2.16. The van der Waals surface area contributed by atoms with E-state index >= 15 is 0 Å². The van der Waals surface area contributed by atoms with Gasteiger partial charge in [0.15, 0.2) is 6.61 Å². The molecule has 1 aromatic heterocycles. The van der Waals surface area contributed by atoms with Gasteiger partial charge in [-0.3, -0.25) is 14.4 Å². The van der Waals surface area contributed by atoms with Gasteiger partial charge in [0.05, 0.1) is 4.88 Å². The maximum Gasteiger partial charge on any atom is 0.325 e. The molecule has 0 saturated carbocycles. The molecule has 1 heterocycles. The second-order valence-electron chi connectivity index (χ2n) is 5.51. The van der Waals surface area contributed by atoms with E-state index in [9.17, 15) is 14.4 Å². The lowest BCUT2D eigenvalue weighted by Gasteiger charge is -2.26. The molecule has 0 saturated heterocycles. The summed E-state index contributed by atoms with van der Waals surface area (Å²) >= 11 is 1.28. The van der Waals surface area contributed by atoms with Crippen molar-refractivity contribution in [3.63, 3.8) is 0 Å². The molecular formula is C18H20N2O4S. The quantitative estimate of drug-likeness (QED) is 0.770. The minimum absolute atomic E-state index is 0.0767. The number of thiophene rings is 1. The fraction of sp³-hybridized carbons (Fsp3) is 0.278. The molecule has 0 fully saturated rings. The third-order valence-corrected chi connectivity index (χ3v) is 4.18. The molecule has 0 bridgehead atoms. The third-order valence-electron chi connectivity index (χ3n) is 3.31. The monoisotopic (exact) mass is 360 g/mol. The molecule has 2 aromatic rings. The molecule has 0 unspecified atom stereocenters. The van der Waals surface area contributed by atoms with E-state index in [1.54, 1.807) is 22.4 Å². The van der Waals surface area contributed by atoms with Crippen molar-refractivity contribution >= 4 is 34.8 Å². The number of carbonyl (C=O) groups is 3. The number of carbonyl (C=O) groups excluding carboxylic acids is 3. The Bertz CT molecular complexity index is 714. The number of hydrogen-bond acceptors (Lipinski definition) is 5. The maximum atomic E-state index is 12.4. The van der Waals surface area contributed by atoms with Crippen LogP contribution in [0.4, 0.5) is 5.69 Å². The van der Waals surface area contributed by atoms with Crippen LogP contribution in [0.25, 0.3) is 0 Å². The van der Waals surface area contributed by atoms with Crippen molar-refractivity contribution < 1.29 is 19.1 Å². The number of esters is 1. The Morgan fingerprint density at radius 3 is 2.44 bits per heavy atom. The fourth-order valence-corrected chi connectivity index (χ4v) is 2.87. The van der Waals surface area contributed by atoms with Gasteiger partial charge in [-0.1, -0.05) is 24.3 Å². The Hall–Kier alpha value is -2.67. The first-order valence-corrected chi connectivity index (χ1v) is 8.71. The molecule has 0 aliphatic rings. The van der Waals surface area contributed by atoms with Crippen molar-refractivity contribution in [3.05, 3.63) is 52.7 Å². The Labute approximate surface area is 150 Å². The van der Waals surface area contributed by atoms with Crippen molar-refractivity contribution in [1.82, 2.24) is 5.32 Å². The summed E-state index contributed by atoms with van der Waals surface area (Å²) in [6.07, 6.45) is 0. The van der Waals surface area contributed by atoms with Gasteiger partial charge in [-0.05, 0) is 37.4 Å². The SMILES string of the molecule is CC(C)N(C(=O)COC(=O)CNC(=O)c1cccs1)c1ccccc1. The van der Waals surface area contributed by atoms with Crippen LogP contribution in [0.3, 0.4) is 0 Å². The molecule has 7 heteroatoms. The van der Waals surface area contributed by atoms with E-state index < -0.39 is 5.97 Å². The van der Waals surface area contributed by atoms with Crippen molar-refractivity contribution in [1.29, 1.82) is 0 Å². The zero-order valence-electron chi connectivity index (χ0n) is 14.1. The van der Waals surface area contributed by atoms with E-state index in [2.05, 4.69) is 5.32 Å². The van der Waals surface area contributed by atoms with E-state index in [4.69, 9.17) is 4.74 Å². The zero-order valence-corrected chi connectivity index (χ0v) is 14.9. The van der Waals surface area contributed by atoms with Gasteiger partial charge < -0.3 is 15.0 Å². The highest BCUT2D eigenvalue weighted by Gasteiger charge is 2.20. The van der Waals surface area contributed by atoms with E-state index in [0.717, 1.165) is 5.69 Å². The lowest BCUT2D eigenvalue weighted by Crippen LogP contribution is -2.40. The van der Waals surface area contributed by atoms with Crippen molar-refractivity contribution in [2.24, 2.45) is 0 Å². The predicted molar refractivity (Wildman–Crippen MR) is 96.7 cm³/mol. The highest BCUT2D eigenvalue weighted by atomic mass is 32.1. The van der Waals surface area contributed by atoms with Crippen LogP contribution in [0.15, 0.2) is 47.8 Å². The molecule has 6 nitrogen and oxygen atoms in total. The van der Waals surface area contributed by atoms with Gasteiger partial charge in [-0.25, -0.2) is 0 Å². The van der Waals surface area contributed by atoms with Crippen LogP contribution in [-0.4, -0.2) is 37.0 Å². The topological polar surface area (TPSA) is 75.7 Å². The first-order valence-electron chi connectivity index (χ1n) is 7.83. The van der Waals surface area contributed by atoms with Gasteiger partial charge in [-0.15, -0.1) is 11.3 Å². The van der Waals surface area contributed by atoms with Gasteiger partial charge in [0.25, 0.3) is 11.8 Å². The average molecular weight is 360 g/mol. The van der Waals surface area contributed by atoms with Crippen LogP contribution < -0.4 is 10.2 Å². The van der Waals surface area contributed by atoms with Crippen LogP contribution in [0.2, 0.25) is 0 Å². The largest absolute Gasteiger partial charge is 0.454 e. The summed E-state index contributed by atoms with van der Waals surface area (Å²) in [5.41, 5.74) is 0.740. The maximum absolute atomic E-state index is 12.4. The fourth-order valence-electron chi connectivity index (χ4n) is 2.23. The van der Waals surface area contributed by atoms with Gasteiger partial charge >= 0.3 is 5.97 Å². The number of hydrogen-bond donors (Lipinski definition) is 1. The molecule has 25 heavy (non-hydrogen) atoms. The van der Waals surface area contributed by atoms with Crippen molar-refractivity contribution in [2.45, 2.75) is 19.9 Å². The van der Waals surface area contributed by atoms with Crippen molar-refractivity contribution in [3.8, 4) is 0 Å². The smallest absolute Gasteiger partial charge is 0.325 e. The second-order valence-corrected chi connectivity index (χ2v) is 6.46. The summed E-state index contributed by atoms with van der Waals surface area (Å²) < 4.78 is 4.98. The summed E-state index contributed by atoms with van der Waals surface area (Å²) in [6, 6.07) is 12.5. The number of ether oxygens (including phenoxy) is 1. The predicted octanol–water partition coefficient (Wildman–Crippen LogP) is 2.46. The molecule has 1 N–H and O–H groups in total. The Kier molecular flexibility index (Phi) is 6.71. The Morgan fingerprint density at radius 2 is 1.84 bits per heavy atom. The normalized spacial score (nSPS) is 10.4. The first-order chi connectivity index (χ1) is 12.0.